The molecular formula is C14H10BrNO3. The zero-order valence-electron chi connectivity index (χ0n) is 10.0. The summed E-state index contributed by atoms with van der Waals surface area (Å²) in [4.78, 5) is 4.36. The zero-order chi connectivity index (χ0) is 13.6. The van der Waals surface area contributed by atoms with E-state index in [1.165, 1.54) is 0 Å². The van der Waals surface area contributed by atoms with E-state index in [4.69, 9.17) is 4.42 Å². The minimum absolute atomic E-state index is 0.127. The van der Waals surface area contributed by atoms with Gasteiger partial charge in [-0.3, -0.25) is 0 Å². The first-order valence-corrected chi connectivity index (χ1v) is 6.43. The van der Waals surface area contributed by atoms with Gasteiger partial charge in [0.15, 0.2) is 5.58 Å². The van der Waals surface area contributed by atoms with Crippen LogP contribution in [0.1, 0.15) is 5.56 Å². The Balaban J connectivity index is 2.23. The van der Waals surface area contributed by atoms with Gasteiger partial charge in [-0.15, -0.1) is 0 Å². The lowest BCUT2D eigenvalue weighted by Gasteiger charge is -2.01. The summed E-state index contributed by atoms with van der Waals surface area (Å²) >= 11 is 3.33. The second kappa shape index (κ2) is 4.28. The Morgan fingerprint density at radius 1 is 1.11 bits per heavy atom. The predicted octanol–water partition coefficient (Wildman–Crippen LogP) is 3.98. The molecule has 0 aliphatic heterocycles. The Labute approximate surface area is 117 Å². The lowest BCUT2D eigenvalue weighted by Crippen LogP contribution is -1.82. The van der Waals surface area contributed by atoms with Crippen LogP contribution in [-0.4, -0.2) is 15.2 Å². The summed E-state index contributed by atoms with van der Waals surface area (Å²) in [5, 5.41) is 19.0. The average Bonchev–Trinajstić information content (AvgIpc) is 2.72. The van der Waals surface area contributed by atoms with Crippen molar-refractivity contribution in [3.63, 3.8) is 0 Å². The number of aromatic hydroxyl groups is 2. The number of hydrogen-bond acceptors (Lipinski definition) is 4. The van der Waals surface area contributed by atoms with Gasteiger partial charge in [-0.05, 0) is 52.7 Å². The quantitative estimate of drug-likeness (QED) is 0.712. The van der Waals surface area contributed by atoms with Gasteiger partial charge in [0.1, 0.15) is 17.0 Å². The van der Waals surface area contributed by atoms with Crippen molar-refractivity contribution in [1.29, 1.82) is 0 Å². The number of halogens is 1. The fourth-order valence-electron chi connectivity index (χ4n) is 1.98. The third-order valence-electron chi connectivity index (χ3n) is 2.87. The SMILES string of the molecule is Cc1cc(O)ccc1-c1nc2cc(O)cc(Br)c2o1. The molecule has 0 saturated carbocycles. The predicted molar refractivity (Wildman–Crippen MR) is 75.2 cm³/mol. The molecule has 2 aromatic carbocycles. The fourth-order valence-corrected chi connectivity index (χ4v) is 2.50. The van der Waals surface area contributed by atoms with E-state index in [1.807, 2.05) is 6.92 Å². The summed E-state index contributed by atoms with van der Waals surface area (Å²) in [5.74, 6) is 0.789. The molecule has 0 amide bonds. The van der Waals surface area contributed by atoms with Crippen molar-refractivity contribution in [2.24, 2.45) is 0 Å². The molecule has 0 radical (unpaired) electrons. The third kappa shape index (κ3) is 2.06. The molecule has 4 nitrogen and oxygen atoms in total. The summed E-state index contributed by atoms with van der Waals surface area (Å²) in [7, 11) is 0. The molecule has 0 aliphatic rings. The van der Waals surface area contributed by atoms with Crippen LogP contribution in [0, 0.1) is 6.92 Å². The first-order valence-electron chi connectivity index (χ1n) is 5.63. The minimum atomic E-state index is 0.127. The zero-order valence-corrected chi connectivity index (χ0v) is 11.6. The van der Waals surface area contributed by atoms with Crippen LogP contribution < -0.4 is 0 Å². The molecule has 0 aliphatic carbocycles. The smallest absolute Gasteiger partial charge is 0.227 e. The van der Waals surface area contributed by atoms with Crippen LogP contribution >= 0.6 is 15.9 Å². The van der Waals surface area contributed by atoms with E-state index >= 15 is 0 Å². The van der Waals surface area contributed by atoms with Gasteiger partial charge >= 0.3 is 0 Å². The summed E-state index contributed by atoms with van der Waals surface area (Å²) in [6.07, 6.45) is 0. The van der Waals surface area contributed by atoms with E-state index in [0.29, 0.717) is 21.5 Å². The van der Waals surface area contributed by atoms with E-state index in [0.717, 1.165) is 11.1 Å². The molecule has 96 valence electrons. The van der Waals surface area contributed by atoms with Crippen LogP contribution in [0.3, 0.4) is 0 Å². The molecule has 1 heterocycles. The van der Waals surface area contributed by atoms with Crippen LogP contribution in [0.15, 0.2) is 39.2 Å². The summed E-state index contributed by atoms with van der Waals surface area (Å²) in [5.41, 5.74) is 2.84. The van der Waals surface area contributed by atoms with Crippen molar-refractivity contribution in [3.05, 3.63) is 40.4 Å². The lowest BCUT2D eigenvalue weighted by molar-refractivity contribution is 0.474. The lowest BCUT2D eigenvalue weighted by atomic mass is 10.1. The minimum Gasteiger partial charge on any atom is -0.508 e. The average molecular weight is 320 g/mol. The number of aryl methyl sites for hydroxylation is 1. The van der Waals surface area contributed by atoms with E-state index in [9.17, 15) is 10.2 Å². The highest BCUT2D eigenvalue weighted by Gasteiger charge is 2.13. The number of rotatable bonds is 1. The number of hydrogen-bond donors (Lipinski definition) is 2. The fraction of sp³-hybridized carbons (Fsp3) is 0.0714. The third-order valence-corrected chi connectivity index (χ3v) is 3.46. The van der Waals surface area contributed by atoms with Gasteiger partial charge in [0, 0.05) is 11.6 Å². The van der Waals surface area contributed by atoms with Crippen molar-refractivity contribution >= 4 is 27.0 Å². The van der Waals surface area contributed by atoms with Crippen molar-refractivity contribution < 1.29 is 14.6 Å². The molecule has 3 aromatic rings. The summed E-state index contributed by atoms with van der Waals surface area (Å²) in [6, 6.07) is 8.09. The van der Waals surface area contributed by atoms with E-state index in [-0.39, 0.29) is 11.5 Å². The number of fused-ring (bicyclic) bond motifs is 1. The van der Waals surface area contributed by atoms with Crippen molar-refractivity contribution in [2.75, 3.05) is 0 Å². The van der Waals surface area contributed by atoms with Gasteiger partial charge in [0.05, 0.1) is 4.47 Å². The first kappa shape index (κ1) is 12.0. The maximum Gasteiger partial charge on any atom is 0.227 e. The molecule has 3 rings (SSSR count). The molecule has 0 bridgehead atoms. The largest absolute Gasteiger partial charge is 0.508 e. The molecule has 0 atom stereocenters. The topological polar surface area (TPSA) is 66.5 Å². The van der Waals surface area contributed by atoms with Crippen LogP contribution in [0.4, 0.5) is 0 Å². The van der Waals surface area contributed by atoms with Gasteiger partial charge < -0.3 is 14.6 Å². The van der Waals surface area contributed by atoms with Crippen LogP contribution in [0.25, 0.3) is 22.6 Å². The van der Waals surface area contributed by atoms with Gasteiger partial charge in [-0.1, -0.05) is 0 Å². The first-order chi connectivity index (χ1) is 9.04. The molecule has 5 heteroatoms. The Bertz CT molecular complexity index is 780. The van der Waals surface area contributed by atoms with E-state index in [1.54, 1.807) is 30.3 Å². The Morgan fingerprint density at radius 2 is 1.89 bits per heavy atom. The van der Waals surface area contributed by atoms with Crippen LogP contribution in [0.2, 0.25) is 0 Å². The van der Waals surface area contributed by atoms with Crippen molar-refractivity contribution in [2.45, 2.75) is 6.92 Å². The van der Waals surface area contributed by atoms with E-state index in [2.05, 4.69) is 20.9 Å². The molecule has 1 aromatic heterocycles. The van der Waals surface area contributed by atoms with E-state index < -0.39 is 0 Å². The van der Waals surface area contributed by atoms with Crippen molar-refractivity contribution in [1.82, 2.24) is 4.98 Å². The van der Waals surface area contributed by atoms with Gasteiger partial charge in [0.2, 0.25) is 5.89 Å². The standard InChI is InChI=1S/C14H10BrNO3/c1-7-4-8(17)2-3-10(7)14-16-12-6-9(18)5-11(15)13(12)19-14/h2-6,17-18H,1H3. The van der Waals surface area contributed by atoms with Gasteiger partial charge in [-0.2, -0.15) is 0 Å². The molecule has 0 unspecified atom stereocenters. The summed E-state index contributed by atoms with van der Waals surface area (Å²) in [6.45, 7) is 1.87. The number of phenolic OH excluding ortho intramolecular Hbond substituents is 2. The Morgan fingerprint density at radius 3 is 2.63 bits per heavy atom. The number of benzene rings is 2. The Hall–Kier alpha value is -2.01. The van der Waals surface area contributed by atoms with Gasteiger partial charge in [0.25, 0.3) is 0 Å². The molecule has 2 N–H and O–H groups in total. The van der Waals surface area contributed by atoms with Crippen LogP contribution in [0.5, 0.6) is 11.5 Å². The molecular weight excluding hydrogens is 310 g/mol. The highest BCUT2D eigenvalue weighted by Crippen LogP contribution is 2.34. The molecule has 0 fully saturated rings. The molecule has 0 spiro atoms. The number of nitrogens with zero attached hydrogens (tertiary/aromatic N) is 1. The Kier molecular flexibility index (Phi) is 2.71. The highest BCUT2D eigenvalue weighted by molar-refractivity contribution is 9.10. The highest BCUT2D eigenvalue weighted by atomic mass is 79.9. The number of aromatic nitrogens is 1. The van der Waals surface area contributed by atoms with Gasteiger partial charge in [-0.25, -0.2) is 4.98 Å². The second-order valence-electron chi connectivity index (χ2n) is 4.29. The number of oxazole rings is 1. The van der Waals surface area contributed by atoms with Crippen molar-refractivity contribution in [3.8, 4) is 23.0 Å². The maximum absolute atomic E-state index is 9.54. The molecule has 0 saturated heterocycles. The normalized spacial score (nSPS) is 11.1. The maximum atomic E-state index is 9.54. The summed E-state index contributed by atoms with van der Waals surface area (Å²) < 4.78 is 6.36. The number of phenols is 2. The second-order valence-corrected chi connectivity index (χ2v) is 5.15. The monoisotopic (exact) mass is 319 g/mol. The molecule has 19 heavy (non-hydrogen) atoms. The van der Waals surface area contributed by atoms with Crippen LogP contribution in [-0.2, 0) is 0 Å².